The first-order valence-electron chi connectivity index (χ1n) is 16.0. The highest BCUT2D eigenvalue weighted by molar-refractivity contribution is 5.84. The fraction of sp³-hybridized carbons (Fsp3) is 0.444. The Morgan fingerprint density at radius 2 is 1.57 bits per heavy atom. The zero-order valence-electron chi connectivity index (χ0n) is 27.8. The fourth-order valence-corrected chi connectivity index (χ4v) is 5.23. The number of urea groups is 1. The second kappa shape index (κ2) is 16.9. The molecule has 2 N–H and O–H groups in total. The first-order chi connectivity index (χ1) is 23.0. The summed E-state index contributed by atoms with van der Waals surface area (Å²) in [4.78, 5) is 25.3. The lowest BCUT2D eigenvalue weighted by Crippen LogP contribution is -2.53. The molecular weight excluding hydrogens is 654 g/mol. The average molecular weight is 697 g/mol. The van der Waals surface area contributed by atoms with Crippen molar-refractivity contribution in [3.8, 4) is 22.6 Å². The molecule has 0 saturated heterocycles. The van der Waals surface area contributed by atoms with E-state index in [1.165, 1.54) is 0 Å². The van der Waals surface area contributed by atoms with Crippen LogP contribution >= 0.6 is 0 Å². The number of aliphatic hydroxyl groups is 1. The number of amides is 3. The number of unbranched alkanes of at least 4 members (excludes halogenated alkanes) is 2. The van der Waals surface area contributed by atoms with Gasteiger partial charge in [-0.2, -0.15) is 26.3 Å². The van der Waals surface area contributed by atoms with Gasteiger partial charge in [0.2, 0.25) is 6.41 Å². The van der Waals surface area contributed by atoms with Crippen LogP contribution in [0.3, 0.4) is 0 Å². The van der Waals surface area contributed by atoms with Gasteiger partial charge in [0, 0.05) is 12.1 Å². The van der Waals surface area contributed by atoms with E-state index >= 15 is 0 Å². The van der Waals surface area contributed by atoms with Crippen LogP contribution in [-0.2, 0) is 16.8 Å². The number of hydrogen-bond donors (Lipinski definition) is 2. The molecule has 0 aliphatic heterocycles. The van der Waals surface area contributed by atoms with Crippen molar-refractivity contribution in [1.29, 1.82) is 0 Å². The molecule has 0 aliphatic rings. The topological polar surface area (TPSA) is 88.1 Å². The lowest BCUT2D eigenvalue weighted by Gasteiger charge is -2.33. The maximum Gasteiger partial charge on any atom is 0.430 e. The van der Waals surface area contributed by atoms with Crippen molar-refractivity contribution in [3.63, 3.8) is 0 Å². The third-order valence-corrected chi connectivity index (χ3v) is 7.80. The summed E-state index contributed by atoms with van der Waals surface area (Å²) < 4.78 is 92.4. The molecule has 49 heavy (non-hydrogen) atoms. The quantitative estimate of drug-likeness (QED) is 0.0888. The number of halogens is 6. The summed E-state index contributed by atoms with van der Waals surface area (Å²) in [5.41, 5.74) is -4.29. The van der Waals surface area contributed by atoms with Crippen molar-refractivity contribution in [1.82, 2.24) is 10.2 Å². The van der Waals surface area contributed by atoms with Gasteiger partial charge < -0.3 is 19.9 Å². The summed E-state index contributed by atoms with van der Waals surface area (Å²) in [5, 5.41) is 12.7. The minimum Gasteiger partial charge on any atom is -0.494 e. The van der Waals surface area contributed by atoms with Crippen LogP contribution in [0.2, 0.25) is 0 Å². The Bertz CT molecular complexity index is 1510. The lowest BCUT2D eigenvalue weighted by molar-refractivity contribution is -0.376. The molecule has 0 bridgehead atoms. The monoisotopic (exact) mass is 696 g/mol. The molecule has 0 spiro atoms. The van der Waals surface area contributed by atoms with E-state index in [0.717, 1.165) is 22.6 Å². The van der Waals surface area contributed by atoms with E-state index in [2.05, 4.69) is 5.32 Å². The standard InChI is InChI=1S/C36H42F6N2O5/c1-5-10-27-21-29(34(47,35(37,38)39)36(40,41)42)15-18-32(27)28-11-9-12-31(22-28)48-20-8-6-7-19-44(23-45)33(46)43-25(4)26-13-16-30(17-14-26)49-24(2)3/h9,11-18,21-25,47H,5-8,10,19-20H2,1-4H3,(H,43,46). The van der Waals surface area contributed by atoms with Crippen molar-refractivity contribution in [2.75, 3.05) is 13.2 Å². The second-order valence-electron chi connectivity index (χ2n) is 12.0. The molecule has 3 rings (SSSR count). The molecule has 0 aliphatic carbocycles. The summed E-state index contributed by atoms with van der Waals surface area (Å²) in [6.45, 7) is 7.89. The van der Waals surface area contributed by atoms with Crippen LogP contribution in [0.1, 0.15) is 76.1 Å². The fourth-order valence-electron chi connectivity index (χ4n) is 5.23. The molecule has 0 fully saturated rings. The predicted molar refractivity (Wildman–Crippen MR) is 173 cm³/mol. The van der Waals surface area contributed by atoms with Crippen molar-refractivity contribution >= 4 is 12.4 Å². The number of nitrogens with one attached hydrogen (secondary N) is 1. The van der Waals surface area contributed by atoms with Gasteiger partial charge in [0.1, 0.15) is 11.5 Å². The molecule has 1 unspecified atom stereocenters. The summed E-state index contributed by atoms with van der Waals surface area (Å²) in [6.07, 6.45) is -9.07. The van der Waals surface area contributed by atoms with Crippen molar-refractivity contribution in [2.45, 2.75) is 89.9 Å². The first kappa shape index (κ1) is 39.2. The van der Waals surface area contributed by atoms with E-state index in [0.29, 0.717) is 60.8 Å². The van der Waals surface area contributed by atoms with Gasteiger partial charge in [0.25, 0.3) is 5.60 Å². The van der Waals surface area contributed by atoms with E-state index in [1.807, 2.05) is 45.0 Å². The lowest BCUT2D eigenvalue weighted by atomic mass is 9.87. The Hall–Kier alpha value is -4.26. The van der Waals surface area contributed by atoms with Gasteiger partial charge in [-0.05, 0) is 93.0 Å². The molecule has 0 heterocycles. The van der Waals surface area contributed by atoms with Crippen LogP contribution in [0.5, 0.6) is 11.5 Å². The van der Waals surface area contributed by atoms with Crippen LogP contribution in [0.4, 0.5) is 31.1 Å². The first-order valence-corrected chi connectivity index (χ1v) is 16.0. The normalized spacial score (nSPS) is 12.8. The zero-order chi connectivity index (χ0) is 36.4. The maximum atomic E-state index is 13.5. The molecular formula is C36H42F6N2O5. The Kier molecular flexibility index (Phi) is 13.5. The van der Waals surface area contributed by atoms with Gasteiger partial charge in [0.15, 0.2) is 0 Å². The molecule has 3 aromatic rings. The zero-order valence-corrected chi connectivity index (χ0v) is 27.8. The number of hydrogen-bond acceptors (Lipinski definition) is 5. The Morgan fingerprint density at radius 3 is 2.16 bits per heavy atom. The molecule has 268 valence electrons. The number of aryl methyl sites for hydroxylation is 1. The van der Waals surface area contributed by atoms with E-state index < -0.39 is 29.5 Å². The van der Waals surface area contributed by atoms with Gasteiger partial charge in [-0.25, -0.2) is 4.79 Å². The van der Waals surface area contributed by atoms with Crippen molar-refractivity contribution in [2.24, 2.45) is 0 Å². The average Bonchev–Trinajstić information content (AvgIpc) is 3.03. The largest absolute Gasteiger partial charge is 0.494 e. The smallest absolute Gasteiger partial charge is 0.430 e. The Balaban J connectivity index is 1.55. The van der Waals surface area contributed by atoms with E-state index in [4.69, 9.17) is 9.47 Å². The van der Waals surface area contributed by atoms with Crippen LogP contribution in [-0.4, -0.2) is 54.1 Å². The second-order valence-corrected chi connectivity index (χ2v) is 12.0. The Labute approximate surface area is 282 Å². The number of carbonyl (C=O) groups is 2. The minimum absolute atomic E-state index is 0.0366. The third kappa shape index (κ3) is 10.1. The SMILES string of the molecule is CCCc1cc(C(O)(C(F)(F)F)C(F)(F)F)ccc1-c1cccc(OCCCCCN(C=O)C(=O)NC(C)c2ccc(OC(C)C)cc2)c1. The molecule has 7 nitrogen and oxygen atoms in total. The number of benzene rings is 3. The number of carbonyl (C=O) groups excluding carboxylic acids is 2. The van der Waals surface area contributed by atoms with E-state index in [-0.39, 0.29) is 37.3 Å². The summed E-state index contributed by atoms with van der Waals surface area (Å²) in [7, 11) is 0. The highest BCUT2D eigenvalue weighted by Gasteiger charge is 2.71. The van der Waals surface area contributed by atoms with Gasteiger partial charge in [-0.1, -0.05) is 55.8 Å². The van der Waals surface area contributed by atoms with Crippen LogP contribution in [0.25, 0.3) is 11.1 Å². The highest BCUT2D eigenvalue weighted by Crippen LogP contribution is 2.50. The third-order valence-electron chi connectivity index (χ3n) is 7.80. The van der Waals surface area contributed by atoms with E-state index in [1.54, 1.807) is 31.2 Å². The molecule has 0 radical (unpaired) electrons. The Morgan fingerprint density at radius 1 is 0.898 bits per heavy atom. The number of imide groups is 1. The number of rotatable bonds is 16. The van der Waals surface area contributed by atoms with Crippen molar-refractivity contribution < 1.29 is 50.5 Å². The van der Waals surface area contributed by atoms with E-state index in [9.17, 15) is 41.0 Å². The van der Waals surface area contributed by atoms with Crippen LogP contribution in [0.15, 0.2) is 66.7 Å². The maximum absolute atomic E-state index is 13.5. The number of nitrogens with zero attached hydrogens (tertiary/aromatic N) is 1. The summed E-state index contributed by atoms with van der Waals surface area (Å²) in [6, 6.07) is 15.7. The number of ether oxygens (including phenoxy) is 2. The molecule has 3 aromatic carbocycles. The molecule has 1 atom stereocenters. The highest BCUT2D eigenvalue weighted by atomic mass is 19.4. The van der Waals surface area contributed by atoms with Crippen LogP contribution in [0, 0.1) is 0 Å². The minimum atomic E-state index is -5.97. The van der Waals surface area contributed by atoms with Gasteiger partial charge >= 0.3 is 18.4 Å². The van der Waals surface area contributed by atoms with Crippen molar-refractivity contribution in [3.05, 3.63) is 83.4 Å². The molecule has 0 saturated carbocycles. The molecule has 0 aromatic heterocycles. The molecule has 13 heteroatoms. The van der Waals surface area contributed by atoms with Gasteiger partial charge in [0.05, 0.1) is 18.8 Å². The van der Waals surface area contributed by atoms with Gasteiger partial charge in [-0.15, -0.1) is 0 Å². The summed E-state index contributed by atoms with van der Waals surface area (Å²) >= 11 is 0. The number of alkyl halides is 6. The summed E-state index contributed by atoms with van der Waals surface area (Å²) in [5.74, 6) is 1.16. The molecule has 3 amide bonds. The van der Waals surface area contributed by atoms with Crippen LogP contribution < -0.4 is 14.8 Å². The predicted octanol–water partition coefficient (Wildman–Crippen LogP) is 8.88. The van der Waals surface area contributed by atoms with Gasteiger partial charge in [-0.3, -0.25) is 9.69 Å².